The number of hydrogen-bond acceptors (Lipinski definition) is 3. The highest BCUT2D eigenvalue weighted by atomic mass is 35.5. The lowest BCUT2D eigenvalue weighted by molar-refractivity contribution is 0.727. The molecule has 0 aliphatic carbocycles. The Hall–Kier alpha value is -3.44. The van der Waals surface area contributed by atoms with Gasteiger partial charge in [-0.2, -0.15) is 0 Å². The molecule has 136 valence electrons. The van der Waals surface area contributed by atoms with Crippen LogP contribution in [-0.2, 0) is 6.54 Å². The smallest absolute Gasteiger partial charge is 0.262 e. The maximum absolute atomic E-state index is 13.3. The molecule has 6 heteroatoms. The molecule has 5 nitrogen and oxygen atoms in total. The van der Waals surface area contributed by atoms with Gasteiger partial charge in [-0.3, -0.25) is 9.36 Å². The molecule has 0 aliphatic rings. The number of rotatable bonds is 3. The zero-order valence-electron chi connectivity index (χ0n) is 14.8. The molecular weight excluding hydrogens is 372 g/mol. The van der Waals surface area contributed by atoms with Crippen molar-refractivity contribution in [3.05, 3.63) is 94.0 Å². The number of halogens is 1. The van der Waals surface area contributed by atoms with Gasteiger partial charge < -0.3 is 4.98 Å². The number of aromatic nitrogens is 4. The molecule has 5 aromatic rings. The predicted octanol–water partition coefficient (Wildman–Crippen LogP) is 4.64. The summed E-state index contributed by atoms with van der Waals surface area (Å²) in [6.07, 6.45) is 0. The molecule has 0 radical (unpaired) electrons. The minimum Gasteiger partial charge on any atom is -0.340 e. The molecule has 0 aliphatic heterocycles. The van der Waals surface area contributed by atoms with Crippen LogP contribution >= 0.6 is 11.6 Å². The molecule has 2 heterocycles. The summed E-state index contributed by atoms with van der Waals surface area (Å²) in [5, 5.41) is 1.22. The van der Waals surface area contributed by atoms with Crippen LogP contribution in [0.5, 0.6) is 0 Å². The summed E-state index contributed by atoms with van der Waals surface area (Å²) in [6, 6.07) is 22.6. The van der Waals surface area contributed by atoms with Gasteiger partial charge in [0.1, 0.15) is 11.6 Å². The van der Waals surface area contributed by atoms with Crippen molar-refractivity contribution in [2.45, 2.75) is 6.54 Å². The summed E-state index contributed by atoms with van der Waals surface area (Å²) in [5.41, 5.74) is 3.11. The largest absolute Gasteiger partial charge is 0.340 e. The van der Waals surface area contributed by atoms with Crippen LogP contribution in [0.4, 0.5) is 0 Å². The van der Waals surface area contributed by atoms with E-state index in [0.29, 0.717) is 27.6 Å². The zero-order valence-corrected chi connectivity index (χ0v) is 15.5. The van der Waals surface area contributed by atoms with E-state index in [-0.39, 0.29) is 12.1 Å². The van der Waals surface area contributed by atoms with Crippen LogP contribution in [0.25, 0.3) is 33.3 Å². The lowest BCUT2D eigenvalue weighted by Crippen LogP contribution is -2.24. The molecule has 3 aromatic carbocycles. The summed E-state index contributed by atoms with van der Waals surface area (Å²) in [6.45, 7) is 0.285. The number of nitrogens with one attached hydrogen (secondary N) is 1. The van der Waals surface area contributed by atoms with Crippen molar-refractivity contribution in [3.63, 3.8) is 0 Å². The van der Waals surface area contributed by atoms with E-state index in [1.54, 1.807) is 16.7 Å². The van der Waals surface area contributed by atoms with Crippen molar-refractivity contribution >= 4 is 33.5 Å². The van der Waals surface area contributed by atoms with E-state index in [2.05, 4.69) is 9.97 Å². The molecule has 2 aromatic heterocycles. The van der Waals surface area contributed by atoms with Gasteiger partial charge in [0.15, 0.2) is 0 Å². The molecule has 28 heavy (non-hydrogen) atoms. The number of hydrogen-bond donors (Lipinski definition) is 1. The molecule has 0 bridgehead atoms. The Bertz CT molecular complexity index is 1370. The Balaban J connectivity index is 1.72. The Morgan fingerprint density at radius 2 is 1.68 bits per heavy atom. The zero-order chi connectivity index (χ0) is 19.1. The summed E-state index contributed by atoms with van der Waals surface area (Å²) in [5.74, 6) is 1.29. The van der Waals surface area contributed by atoms with Crippen LogP contribution in [0.2, 0.25) is 5.02 Å². The fourth-order valence-electron chi connectivity index (χ4n) is 3.38. The lowest BCUT2D eigenvalue weighted by atomic mass is 10.2. The van der Waals surface area contributed by atoms with Gasteiger partial charge in [-0.25, -0.2) is 9.97 Å². The van der Waals surface area contributed by atoms with Crippen LogP contribution in [-0.4, -0.2) is 19.5 Å². The van der Waals surface area contributed by atoms with Gasteiger partial charge in [-0.15, -0.1) is 0 Å². The first-order valence-corrected chi connectivity index (χ1v) is 9.26. The first kappa shape index (κ1) is 16.7. The van der Waals surface area contributed by atoms with Gasteiger partial charge in [0.25, 0.3) is 5.56 Å². The van der Waals surface area contributed by atoms with E-state index in [4.69, 9.17) is 16.6 Å². The molecule has 0 saturated carbocycles. The maximum atomic E-state index is 13.3. The lowest BCUT2D eigenvalue weighted by Gasteiger charge is -2.12. The van der Waals surface area contributed by atoms with Gasteiger partial charge in [0, 0.05) is 10.6 Å². The highest BCUT2D eigenvalue weighted by Crippen LogP contribution is 2.21. The Morgan fingerprint density at radius 1 is 0.893 bits per heavy atom. The standard InChI is InChI=1S/C22H15ClN4O/c23-15-10-11-18-19(12-15)25-20(24-18)13-27-21(14-6-2-1-3-7-14)26-17-9-5-4-8-16(17)22(27)28/h1-12H,13H2,(H,24,25). The van der Waals surface area contributed by atoms with Crippen molar-refractivity contribution in [3.8, 4) is 11.4 Å². The van der Waals surface area contributed by atoms with Crippen molar-refractivity contribution in [1.29, 1.82) is 0 Å². The summed E-state index contributed by atoms with van der Waals surface area (Å²) >= 11 is 6.07. The molecule has 0 amide bonds. The van der Waals surface area contributed by atoms with Crippen molar-refractivity contribution in [2.75, 3.05) is 0 Å². The first-order valence-electron chi connectivity index (χ1n) is 8.88. The normalized spacial score (nSPS) is 11.3. The SMILES string of the molecule is O=c1c2ccccc2nc(-c2ccccc2)n1Cc1nc2ccc(Cl)cc2[nH]1. The molecule has 0 atom stereocenters. The fourth-order valence-corrected chi connectivity index (χ4v) is 3.55. The second kappa shape index (κ2) is 6.62. The van der Waals surface area contributed by atoms with E-state index < -0.39 is 0 Å². The fraction of sp³-hybridized carbons (Fsp3) is 0.0455. The number of imidazole rings is 1. The third kappa shape index (κ3) is 2.86. The predicted molar refractivity (Wildman–Crippen MR) is 112 cm³/mol. The third-order valence-electron chi connectivity index (χ3n) is 4.69. The van der Waals surface area contributed by atoms with Crippen molar-refractivity contribution in [2.24, 2.45) is 0 Å². The second-order valence-electron chi connectivity index (χ2n) is 6.55. The number of nitrogens with zero attached hydrogens (tertiary/aromatic N) is 3. The molecule has 0 saturated heterocycles. The highest BCUT2D eigenvalue weighted by molar-refractivity contribution is 6.31. The number of fused-ring (bicyclic) bond motifs is 2. The van der Waals surface area contributed by atoms with Crippen molar-refractivity contribution in [1.82, 2.24) is 19.5 Å². The minimum absolute atomic E-state index is 0.0945. The third-order valence-corrected chi connectivity index (χ3v) is 4.93. The Labute approximate surface area is 165 Å². The van der Waals surface area contributed by atoms with Crippen molar-refractivity contribution < 1.29 is 0 Å². The molecule has 5 rings (SSSR count). The van der Waals surface area contributed by atoms with Crippen LogP contribution < -0.4 is 5.56 Å². The number of para-hydroxylation sites is 1. The molecule has 1 N–H and O–H groups in total. The first-order chi connectivity index (χ1) is 13.7. The van der Waals surface area contributed by atoms with E-state index in [0.717, 1.165) is 16.6 Å². The summed E-state index contributed by atoms with van der Waals surface area (Å²) < 4.78 is 1.66. The van der Waals surface area contributed by atoms with E-state index in [1.807, 2.05) is 60.7 Å². The van der Waals surface area contributed by atoms with Crippen LogP contribution in [0, 0.1) is 0 Å². The second-order valence-corrected chi connectivity index (χ2v) is 6.99. The maximum Gasteiger partial charge on any atom is 0.262 e. The van der Waals surface area contributed by atoms with E-state index >= 15 is 0 Å². The molecule has 0 unspecified atom stereocenters. The number of aromatic amines is 1. The van der Waals surface area contributed by atoms with E-state index in [9.17, 15) is 4.79 Å². The number of benzene rings is 3. The molecular formula is C22H15ClN4O. The molecule has 0 fully saturated rings. The van der Waals surface area contributed by atoms with Gasteiger partial charge in [0.2, 0.25) is 0 Å². The number of H-pyrrole nitrogens is 1. The highest BCUT2D eigenvalue weighted by Gasteiger charge is 2.14. The van der Waals surface area contributed by atoms with Crippen LogP contribution in [0.3, 0.4) is 0 Å². The van der Waals surface area contributed by atoms with Gasteiger partial charge >= 0.3 is 0 Å². The van der Waals surface area contributed by atoms with Crippen LogP contribution in [0.1, 0.15) is 5.82 Å². The Morgan fingerprint density at radius 3 is 2.54 bits per heavy atom. The summed E-state index contributed by atoms with van der Waals surface area (Å²) in [4.78, 5) is 25.9. The average molecular weight is 387 g/mol. The van der Waals surface area contributed by atoms with Gasteiger partial charge in [-0.05, 0) is 30.3 Å². The van der Waals surface area contributed by atoms with Gasteiger partial charge in [0.05, 0.1) is 28.5 Å². The minimum atomic E-state index is -0.0945. The quantitative estimate of drug-likeness (QED) is 0.491. The van der Waals surface area contributed by atoms with E-state index in [1.165, 1.54) is 0 Å². The Kier molecular flexibility index (Phi) is 3.95. The molecule has 0 spiro atoms. The van der Waals surface area contributed by atoms with Crippen LogP contribution in [0.15, 0.2) is 77.6 Å². The average Bonchev–Trinajstić information content (AvgIpc) is 3.12. The summed E-state index contributed by atoms with van der Waals surface area (Å²) in [7, 11) is 0. The topological polar surface area (TPSA) is 63.6 Å². The monoisotopic (exact) mass is 386 g/mol. The van der Waals surface area contributed by atoms with Gasteiger partial charge in [-0.1, -0.05) is 54.1 Å².